The number of aliphatic imine (C=N–C) groups is 1. The van der Waals surface area contributed by atoms with Gasteiger partial charge in [-0.2, -0.15) is 0 Å². The highest BCUT2D eigenvalue weighted by atomic mass is 32.1. The molecule has 0 saturated carbocycles. The highest BCUT2D eigenvalue weighted by Crippen LogP contribution is 2.36. The molecule has 1 amide bonds. The van der Waals surface area contributed by atoms with Crippen LogP contribution in [0.1, 0.15) is 22.9 Å². The molecule has 1 aromatic heterocycles. The number of nitrogens with two attached hydrogens (primary N) is 1. The van der Waals surface area contributed by atoms with Crippen LogP contribution in [-0.4, -0.2) is 36.9 Å². The third kappa shape index (κ3) is 4.39. The Labute approximate surface area is 152 Å². The summed E-state index contributed by atoms with van der Waals surface area (Å²) in [5, 5.41) is 5.23. The van der Waals surface area contributed by atoms with E-state index in [4.69, 9.17) is 5.73 Å². The van der Waals surface area contributed by atoms with Crippen LogP contribution in [0.5, 0.6) is 0 Å². The number of thiophene rings is 1. The average Bonchev–Trinajstić information content (AvgIpc) is 3.23. The fourth-order valence-corrected chi connectivity index (χ4v) is 4.01. The van der Waals surface area contributed by atoms with Crippen molar-refractivity contribution >= 4 is 23.2 Å². The largest absolute Gasteiger partial charge is 0.370 e. The number of nitrogens with one attached hydrogen (secondary N) is 1. The highest BCUT2D eigenvalue weighted by molar-refractivity contribution is 7.09. The fourth-order valence-electron chi connectivity index (χ4n) is 3.30. The first kappa shape index (κ1) is 17.5. The van der Waals surface area contributed by atoms with Gasteiger partial charge in [0.1, 0.15) is 0 Å². The van der Waals surface area contributed by atoms with E-state index in [1.54, 1.807) is 11.3 Å². The van der Waals surface area contributed by atoms with Crippen LogP contribution in [0.4, 0.5) is 0 Å². The van der Waals surface area contributed by atoms with Crippen molar-refractivity contribution in [1.29, 1.82) is 0 Å². The molecule has 5 nitrogen and oxygen atoms in total. The zero-order valence-electron chi connectivity index (χ0n) is 14.4. The molecule has 1 aliphatic rings. The van der Waals surface area contributed by atoms with Crippen molar-refractivity contribution in [2.24, 2.45) is 16.6 Å². The number of hydrogen-bond donors (Lipinski definition) is 2. The molecule has 2 aromatic rings. The number of rotatable bonds is 6. The number of carbonyl (C=O) groups is 1. The number of likely N-dealkylation sites (tertiary alicyclic amines) is 1. The Kier molecular flexibility index (Phi) is 5.71. The van der Waals surface area contributed by atoms with Crippen molar-refractivity contribution in [2.45, 2.75) is 18.9 Å². The quantitative estimate of drug-likeness (QED) is 0.617. The normalized spacial score (nSPS) is 20.9. The number of hydrogen-bond acceptors (Lipinski definition) is 3. The molecule has 1 aromatic carbocycles. The molecule has 0 bridgehead atoms. The van der Waals surface area contributed by atoms with Gasteiger partial charge in [0.25, 0.3) is 0 Å². The number of benzene rings is 1. The summed E-state index contributed by atoms with van der Waals surface area (Å²) in [6.07, 6.45) is 1.45. The Morgan fingerprint density at radius 1 is 1.32 bits per heavy atom. The van der Waals surface area contributed by atoms with E-state index < -0.39 is 0 Å². The lowest BCUT2D eigenvalue weighted by atomic mass is 9.94. The van der Waals surface area contributed by atoms with Crippen LogP contribution < -0.4 is 11.1 Å². The molecule has 0 aliphatic carbocycles. The van der Waals surface area contributed by atoms with Gasteiger partial charge >= 0.3 is 0 Å². The van der Waals surface area contributed by atoms with Crippen LogP contribution in [0, 0.1) is 5.92 Å². The summed E-state index contributed by atoms with van der Waals surface area (Å²) in [5.74, 6) is 0.765. The summed E-state index contributed by atoms with van der Waals surface area (Å²) in [6.45, 7) is 1.31. The minimum Gasteiger partial charge on any atom is -0.370 e. The first-order chi connectivity index (χ1) is 12.1. The molecule has 2 unspecified atom stereocenters. The van der Waals surface area contributed by atoms with E-state index in [9.17, 15) is 4.79 Å². The number of guanidine groups is 1. The van der Waals surface area contributed by atoms with Crippen LogP contribution in [0.2, 0.25) is 0 Å². The number of nitrogens with zero attached hydrogens (tertiary/aromatic N) is 2. The van der Waals surface area contributed by atoms with Crippen molar-refractivity contribution in [1.82, 2.24) is 10.2 Å². The van der Waals surface area contributed by atoms with Gasteiger partial charge in [0.05, 0.1) is 6.04 Å². The summed E-state index contributed by atoms with van der Waals surface area (Å²) < 4.78 is 0. The Morgan fingerprint density at radius 3 is 2.84 bits per heavy atom. The van der Waals surface area contributed by atoms with Gasteiger partial charge in [-0.25, -0.2) is 0 Å². The topological polar surface area (TPSA) is 70.7 Å². The van der Waals surface area contributed by atoms with Gasteiger partial charge < -0.3 is 16.0 Å². The van der Waals surface area contributed by atoms with Gasteiger partial charge in [0, 0.05) is 37.4 Å². The SMILES string of the molecule is CN1C(=O)CC(CN=C(N)NCCc2cccs2)C1c1ccccc1. The van der Waals surface area contributed by atoms with Crippen LogP contribution in [-0.2, 0) is 11.2 Å². The molecule has 1 aliphatic heterocycles. The Hall–Kier alpha value is -2.34. The summed E-state index contributed by atoms with van der Waals surface area (Å²) in [6, 6.07) is 14.4. The maximum absolute atomic E-state index is 12.1. The maximum Gasteiger partial charge on any atom is 0.223 e. The van der Waals surface area contributed by atoms with Gasteiger partial charge in [0.15, 0.2) is 5.96 Å². The molecule has 0 radical (unpaired) electrons. The molecule has 2 heterocycles. The summed E-state index contributed by atoms with van der Waals surface area (Å²) in [7, 11) is 1.87. The van der Waals surface area contributed by atoms with Crippen LogP contribution >= 0.6 is 11.3 Å². The highest BCUT2D eigenvalue weighted by Gasteiger charge is 2.38. The molecule has 1 saturated heterocycles. The molecule has 3 N–H and O–H groups in total. The Balaban J connectivity index is 1.57. The minimum absolute atomic E-state index is 0.0661. The van der Waals surface area contributed by atoms with Gasteiger partial charge in [-0.1, -0.05) is 36.4 Å². The van der Waals surface area contributed by atoms with E-state index in [1.807, 2.05) is 30.1 Å². The molecular formula is C19H24N4OS. The van der Waals surface area contributed by atoms with Crippen molar-refractivity contribution in [3.05, 3.63) is 58.3 Å². The minimum atomic E-state index is 0.0661. The second kappa shape index (κ2) is 8.16. The second-order valence-electron chi connectivity index (χ2n) is 6.31. The molecule has 6 heteroatoms. The van der Waals surface area contributed by atoms with Gasteiger partial charge in [-0.15, -0.1) is 11.3 Å². The Bertz CT molecular complexity index is 714. The monoisotopic (exact) mass is 356 g/mol. The third-order valence-corrected chi connectivity index (χ3v) is 5.53. The summed E-state index contributed by atoms with van der Waals surface area (Å²) in [4.78, 5) is 19.8. The maximum atomic E-state index is 12.1. The molecule has 0 spiro atoms. The van der Waals surface area contributed by atoms with Crippen molar-refractivity contribution < 1.29 is 4.79 Å². The predicted molar refractivity (Wildman–Crippen MR) is 103 cm³/mol. The standard InChI is InChI=1S/C19H24N4OS/c1-23-17(24)12-15(18(23)14-6-3-2-4-7-14)13-22-19(20)21-10-9-16-8-5-11-25-16/h2-8,11,15,18H,9-10,12-13H2,1H3,(H3,20,21,22). The molecule has 1 fully saturated rings. The van der Waals surface area contributed by atoms with Gasteiger partial charge in [-0.05, 0) is 23.4 Å². The molecule has 2 atom stereocenters. The van der Waals surface area contributed by atoms with Crippen molar-refractivity contribution in [3.8, 4) is 0 Å². The second-order valence-corrected chi connectivity index (χ2v) is 7.34. The fraction of sp³-hybridized carbons (Fsp3) is 0.368. The Morgan fingerprint density at radius 2 is 2.12 bits per heavy atom. The zero-order valence-corrected chi connectivity index (χ0v) is 15.2. The van der Waals surface area contributed by atoms with E-state index >= 15 is 0 Å². The summed E-state index contributed by atoms with van der Waals surface area (Å²) in [5.41, 5.74) is 7.14. The van der Waals surface area contributed by atoms with Gasteiger partial charge in [-0.3, -0.25) is 9.79 Å². The lowest BCUT2D eigenvalue weighted by Crippen LogP contribution is -2.34. The lowest BCUT2D eigenvalue weighted by Gasteiger charge is -2.24. The number of carbonyl (C=O) groups excluding carboxylic acids is 1. The van der Waals surface area contributed by atoms with Gasteiger partial charge in [0.2, 0.25) is 5.91 Å². The zero-order chi connectivity index (χ0) is 17.6. The average molecular weight is 356 g/mol. The van der Waals surface area contributed by atoms with Crippen molar-refractivity contribution in [3.63, 3.8) is 0 Å². The lowest BCUT2D eigenvalue weighted by molar-refractivity contribution is -0.127. The molecule has 25 heavy (non-hydrogen) atoms. The third-order valence-electron chi connectivity index (χ3n) is 4.59. The van der Waals surface area contributed by atoms with E-state index in [-0.39, 0.29) is 17.9 Å². The molecule has 3 rings (SSSR count). The first-order valence-electron chi connectivity index (χ1n) is 8.52. The smallest absolute Gasteiger partial charge is 0.223 e. The van der Waals surface area contributed by atoms with E-state index in [0.717, 1.165) is 18.5 Å². The first-order valence-corrected chi connectivity index (χ1v) is 9.40. The van der Waals surface area contributed by atoms with Crippen LogP contribution in [0.25, 0.3) is 0 Å². The van der Waals surface area contributed by atoms with Crippen LogP contribution in [0.15, 0.2) is 52.8 Å². The van der Waals surface area contributed by atoms with E-state index in [2.05, 4.69) is 40.0 Å². The number of amides is 1. The molecule has 132 valence electrons. The predicted octanol–water partition coefficient (Wildman–Crippen LogP) is 2.41. The van der Waals surface area contributed by atoms with Crippen LogP contribution in [0.3, 0.4) is 0 Å². The van der Waals surface area contributed by atoms with E-state index in [0.29, 0.717) is 18.9 Å². The van der Waals surface area contributed by atoms with E-state index in [1.165, 1.54) is 4.88 Å². The summed E-state index contributed by atoms with van der Waals surface area (Å²) >= 11 is 1.74. The molecular weight excluding hydrogens is 332 g/mol. The van der Waals surface area contributed by atoms with Crippen molar-refractivity contribution in [2.75, 3.05) is 20.1 Å².